The van der Waals surface area contributed by atoms with Crippen LogP contribution in [0.4, 0.5) is 17.3 Å². The summed E-state index contributed by atoms with van der Waals surface area (Å²) in [6, 6.07) is 5.74. The van der Waals surface area contributed by atoms with Crippen molar-refractivity contribution in [1.29, 1.82) is 0 Å². The first kappa shape index (κ1) is 15.0. The van der Waals surface area contributed by atoms with Gasteiger partial charge < -0.3 is 5.73 Å². The van der Waals surface area contributed by atoms with Crippen LogP contribution in [0, 0.1) is 13.8 Å². The van der Waals surface area contributed by atoms with Crippen molar-refractivity contribution in [2.75, 3.05) is 5.73 Å². The first-order valence-corrected chi connectivity index (χ1v) is 7.47. The van der Waals surface area contributed by atoms with Crippen LogP contribution in [0.1, 0.15) is 11.4 Å². The summed E-state index contributed by atoms with van der Waals surface area (Å²) in [5, 5.41) is 13.1. The van der Waals surface area contributed by atoms with Crippen molar-refractivity contribution in [3.8, 4) is 0 Å². The molecule has 2 rings (SSSR count). The van der Waals surface area contributed by atoms with E-state index < -0.39 is 10.0 Å². The van der Waals surface area contributed by atoms with Crippen molar-refractivity contribution in [3.63, 3.8) is 0 Å². The molecule has 0 aliphatic heterocycles. The smallest absolute Gasteiger partial charge is 0.238 e. The zero-order valence-corrected chi connectivity index (χ0v) is 12.3. The molecular formula is C12H14N6O2S. The predicted molar refractivity (Wildman–Crippen MR) is 77.9 cm³/mol. The maximum absolute atomic E-state index is 11.1. The molecule has 1 aromatic carbocycles. The topological polar surface area (TPSA) is 137 Å². The second-order valence-corrected chi connectivity index (χ2v) is 5.90. The quantitative estimate of drug-likeness (QED) is 0.832. The number of nitrogen functional groups attached to an aromatic ring is 1. The molecule has 8 nitrogen and oxygen atoms in total. The largest absolute Gasteiger partial charge is 0.368 e. The van der Waals surface area contributed by atoms with E-state index in [1.54, 1.807) is 13.8 Å². The van der Waals surface area contributed by atoms with Gasteiger partial charge in [0.1, 0.15) is 5.69 Å². The van der Waals surface area contributed by atoms with Gasteiger partial charge in [0, 0.05) is 0 Å². The number of hydrogen-bond acceptors (Lipinski definition) is 7. The number of rotatable bonds is 3. The minimum Gasteiger partial charge on any atom is -0.368 e. The molecule has 0 aliphatic rings. The van der Waals surface area contributed by atoms with Gasteiger partial charge in [-0.2, -0.15) is 5.11 Å². The van der Waals surface area contributed by atoms with Crippen LogP contribution in [0.5, 0.6) is 0 Å². The van der Waals surface area contributed by atoms with Gasteiger partial charge in [0.15, 0.2) is 0 Å². The number of sulfonamides is 1. The van der Waals surface area contributed by atoms with E-state index in [1.165, 1.54) is 24.3 Å². The molecule has 0 atom stereocenters. The molecule has 4 N–H and O–H groups in total. The summed E-state index contributed by atoms with van der Waals surface area (Å²) in [6.45, 7) is 3.51. The van der Waals surface area contributed by atoms with Gasteiger partial charge in [0.2, 0.25) is 16.0 Å². The zero-order chi connectivity index (χ0) is 15.6. The third-order valence-corrected chi connectivity index (χ3v) is 3.61. The van der Waals surface area contributed by atoms with Gasteiger partial charge in [-0.15, -0.1) is 5.11 Å². The predicted octanol–water partition coefficient (Wildman–Crippen LogP) is 1.74. The number of azo groups is 1. The number of aromatic nitrogens is 2. The number of primary sulfonamides is 1. The molecule has 0 radical (unpaired) electrons. The molecule has 9 heteroatoms. The fraction of sp³-hybridized carbons (Fsp3) is 0.167. The lowest BCUT2D eigenvalue weighted by Crippen LogP contribution is -2.11. The molecule has 1 heterocycles. The monoisotopic (exact) mass is 306 g/mol. The van der Waals surface area contributed by atoms with Gasteiger partial charge in [-0.3, -0.25) is 0 Å². The number of nitrogens with zero attached hydrogens (tertiary/aromatic N) is 4. The Bertz CT molecular complexity index is 776. The molecule has 0 bridgehead atoms. The van der Waals surface area contributed by atoms with Gasteiger partial charge in [-0.1, -0.05) is 0 Å². The van der Waals surface area contributed by atoms with Gasteiger partial charge in [-0.05, 0) is 38.1 Å². The Kier molecular flexibility index (Phi) is 3.96. The number of anilines is 1. The highest BCUT2D eigenvalue weighted by Crippen LogP contribution is 2.24. The van der Waals surface area contributed by atoms with Crippen LogP contribution in [0.15, 0.2) is 39.4 Å². The molecule has 2 aromatic rings. The van der Waals surface area contributed by atoms with E-state index in [9.17, 15) is 8.42 Å². The average Bonchev–Trinajstić information content (AvgIpc) is 2.37. The van der Waals surface area contributed by atoms with Crippen molar-refractivity contribution in [2.24, 2.45) is 15.4 Å². The second-order valence-electron chi connectivity index (χ2n) is 4.34. The van der Waals surface area contributed by atoms with Crippen LogP contribution in [-0.4, -0.2) is 18.4 Å². The van der Waals surface area contributed by atoms with Crippen LogP contribution in [-0.2, 0) is 10.0 Å². The number of benzene rings is 1. The first-order valence-electron chi connectivity index (χ1n) is 5.92. The van der Waals surface area contributed by atoms with Crippen LogP contribution in [0.25, 0.3) is 0 Å². The van der Waals surface area contributed by atoms with Crippen molar-refractivity contribution in [3.05, 3.63) is 35.7 Å². The second kappa shape index (κ2) is 5.54. The summed E-state index contributed by atoms with van der Waals surface area (Å²) in [4.78, 5) is 8.04. The first-order chi connectivity index (χ1) is 9.77. The Labute approximate surface area is 122 Å². The standard InChI is InChI=1S/C12H14N6O2S/c1-7-11(8(2)16-12(13)15-7)18-17-9-3-5-10(6-4-9)21(14,19)20/h3-6H,1-2H3,(H2,13,15,16)(H2,14,19,20). The van der Waals surface area contributed by atoms with Crippen LogP contribution < -0.4 is 10.9 Å². The van der Waals surface area contributed by atoms with E-state index in [2.05, 4.69) is 20.2 Å². The van der Waals surface area contributed by atoms with Crippen molar-refractivity contribution < 1.29 is 8.42 Å². The van der Waals surface area contributed by atoms with Gasteiger partial charge in [0.05, 0.1) is 22.0 Å². The van der Waals surface area contributed by atoms with Crippen molar-refractivity contribution in [1.82, 2.24) is 9.97 Å². The molecule has 0 saturated carbocycles. The zero-order valence-electron chi connectivity index (χ0n) is 11.5. The van der Waals surface area contributed by atoms with E-state index in [4.69, 9.17) is 10.9 Å². The van der Waals surface area contributed by atoms with Crippen molar-refractivity contribution >= 4 is 27.3 Å². The molecule has 0 amide bonds. The molecule has 0 spiro atoms. The molecular weight excluding hydrogens is 292 g/mol. The van der Waals surface area contributed by atoms with Crippen LogP contribution in [0.3, 0.4) is 0 Å². The summed E-state index contributed by atoms with van der Waals surface area (Å²) >= 11 is 0. The van der Waals surface area contributed by atoms with E-state index in [0.29, 0.717) is 22.8 Å². The maximum Gasteiger partial charge on any atom is 0.238 e. The summed E-state index contributed by atoms with van der Waals surface area (Å²) in [6.07, 6.45) is 0. The van der Waals surface area contributed by atoms with Gasteiger partial charge in [0.25, 0.3) is 0 Å². The molecule has 110 valence electrons. The van der Waals surface area contributed by atoms with E-state index in [-0.39, 0.29) is 10.8 Å². The minimum atomic E-state index is -3.71. The van der Waals surface area contributed by atoms with Gasteiger partial charge in [-0.25, -0.2) is 23.5 Å². The Morgan fingerprint density at radius 3 is 2.00 bits per heavy atom. The van der Waals surface area contributed by atoms with E-state index >= 15 is 0 Å². The summed E-state index contributed by atoms with van der Waals surface area (Å²) in [5.74, 6) is 0.182. The summed E-state index contributed by atoms with van der Waals surface area (Å²) in [7, 11) is -3.71. The molecule has 0 aliphatic carbocycles. The normalized spacial score (nSPS) is 12.0. The SMILES string of the molecule is Cc1nc(N)nc(C)c1N=Nc1ccc(S(N)(=O)=O)cc1. The highest BCUT2D eigenvalue weighted by Gasteiger charge is 2.08. The average molecular weight is 306 g/mol. The molecule has 1 aromatic heterocycles. The van der Waals surface area contributed by atoms with Crippen LogP contribution >= 0.6 is 0 Å². The maximum atomic E-state index is 11.1. The number of aryl methyl sites for hydroxylation is 2. The molecule has 0 unspecified atom stereocenters. The lowest BCUT2D eigenvalue weighted by Gasteiger charge is -2.03. The molecule has 0 saturated heterocycles. The minimum absolute atomic E-state index is 0.0182. The summed E-state index contributed by atoms with van der Waals surface area (Å²) in [5.41, 5.74) is 7.77. The Morgan fingerprint density at radius 1 is 1.00 bits per heavy atom. The Balaban J connectivity index is 2.30. The highest BCUT2D eigenvalue weighted by atomic mass is 32.2. The lowest BCUT2D eigenvalue weighted by molar-refractivity contribution is 0.598. The highest BCUT2D eigenvalue weighted by molar-refractivity contribution is 7.89. The number of hydrogen-bond donors (Lipinski definition) is 2. The molecule has 0 fully saturated rings. The van der Waals surface area contributed by atoms with E-state index in [0.717, 1.165) is 0 Å². The Hall–Kier alpha value is -2.39. The lowest BCUT2D eigenvalue weighted by atomic mass is 10.3. The third-order valence-electron chi connectivity index (χ3n) is 2.68. The van der Waals surface area contributed by atoms with Gasteiger partial charge >= 0.3 is 0 Å². The number of nitrogens with two attached hydrogens (primary N) is 2. The third kappa shape index (κ3) is 3.58. The fourth-order valence-electron chi connectivity index (χ4n) is 1.69. The summed E-state index contributed by atoms with van der Waals surface area (Å²) < 4.78 is 22.3. The van der Waals surface area contributed by atoms with Crippen LogP contribution in [0.2, 0.25) is 0 Å². The molecule has 21 heavy (non-hydrogen) atoms. The fourth-order valence-corrected chi connectivity index (χ4v) is 2.21. The van der Waals surface area contributed by atoms with Crippen molar-refractivity contribution in [2.45, 2.75) is 18.7 Å². The Morgan fingerprint density at radius 2 is 1.52 bits per heavy atom. The van der Waals surface area contributed by atoms with E-state index in [1.807, 2.05) is 0 Å².